The van der Waals surface area contributed by atoms with E-state index in [1.54, 1.807) is 0 Å². The van der Waals surface area contributed by atoms with E-state index in [4.69, 9.17) is 71.1 Å². The molecule has 0 fully saturated rings. The fraction of sp³-hybridized carbons (Fsp3) is 0.952. The lowest BCUT2D eigenvalue weighted by atomic mass is 10.1. The molecule has 0 spiro atoms. The van der Waals surface area contributed by atoms with Crippen LogP contribution in [0.3, 0.4) is 0 Å². The Labute approximate surface area is 494 Å². The van der Waals surface area contributed by atoms with E-state index in [-0.39, 0.29) is 37.9 Å². The zero-order valence-electron chi connectivity index (χ0n) is 52.3. The Morgan fingerprint density at radius 2 is 0.296 bits per heavy atom. The highest BCUT2D eigenvalue weighted by atomic mass is 16.6. The normalized spacial score (nSPS) is 11.6. The third-order valence-corrected chi connectivity index (χ3v) is 13.2. The van der Waals surface area contributed by atoms with Crippen LogP contribution in [0.2, 0.25) is 0 Å². The molecule has 0 bridgehead atoms. The lowest BCUT2D eigenvalue weighted by Crippen LogP contribution is -2.16. The van der Waals surface area contributed by atoms with Crippen molar-refractivity contribution in [1.29, 1.82) is 0 Å². The van der Waals surface area contributed by atoms with E-state index in [1.165, 1.54) is 173 Å². The van der Waals surface area contributed by atoms with Crippen molar-refractivity contribution < 1.29 is 71.1 Å². The summed E-state index contributed by atoms with van der Waals surface area (Å²) in [5.74, 6) is 0. The topological polar surface area (TPSA) is 177 Å². The van der Waals surface area contributed by atoms with Crippen LogP contribution in [-0.2, 0) is 56.8 Å². The predicted molar refractivity (Wildman–Crippen MR) is 322 cm³/mol. The van der Waals surface area contributed by atoms with Crippen molar-refractivity contribution in [1.82, 2.24) is 15.0 Å². The SMILES string of the molecule is CCCCCCCCCCCCOCCOCCOCCOCCOc1nc(OCCOCCOCCOCCOCCCCCCCCCCCC)nc(OCCOCCOCCOCCOCCCCCCCCCCCC)n1. The molecule has 81 heavy (non-hydrogen) atoms. The van der Waals surface area contributed by atoms with Gasteiger partial charge < -0.3 is 71.1 Å². The molecule has 0 atom stereocenters. The van der Waals surface area contributed by atoms with Gasteiger partial charge in [-0.1, -0.05) is 194 Å². The van der Waals surface area contributed by atoms with Gasteiger partial charge in [-0.15, -0.1) is 15.0 Å². The van der Waals surface area contributed by atoms with Crippen molar-refractivity contribution in [2.75, 3.05) is 178 Å². The van der Waals surface area contributed by atoms with Crippen LogP contribution in [0.1, 0.15) is 213 Å². The number of rotatable bonds is 72. The summed E-state index contributed by atoms with van der Waals surface area (Å²) in [6, 6.07) is 0.150. The second-order valence-corrected chi connectivity index (χ2v) is 20.6. The van der Waals surface area contributed by atoms with Crippen molar-refractivity contribution in [3.8, 4) is 18.0 Å². The van der Waals surface area contributed by atoms with Gasteiger partial charge >= 0.3 is 18.0 Å². The third-order valence-electron chi connectivity index (χ3n) is 13.2. The average molecular weight is 1160 g/mol. The van der Waals surface area contributed by atoms with Crippen molar-refractivity contribution in [3.05, 3.63) is 0 Å². The number of nitrogens with zero attached hydrogens (tertiary/aromatic N) is 3. The quantitative estimate of drug-likeness (QED) is 0.0562. The molecule has 0 radical (unpaired) electrons. The van der Waals surface area contributed by atoms with Crippen molar-refractivity contribution in [3.63, 3.8) is 0 Å². The molecular formula is C63H123N3O15. The van der Waals surface area contributed by atoms with E-state index in [1.807, 2.05) is 0 Å². The molecule has 1 aromatic heterocycles. The Bertz CT molecular complexity index is 1170. The number of ether oxygens (including phenoxy) is 15. The van der Waals surface area contributed by atoms with Gasteiger partial charge in [0.15, 0.2) is 0 Å². The summed E-state index contributed by atoms with van der Waals surface area (Å²) in [5.41, 5.74) is 0. The summed E-state index contributed by atoms with van der Waals surface area (Å²) in [5, 5.41) is 0. The summed E-state index contributed by atoms with van der Waals surface area (Å²) in [7, 11) is 0. The van der Waals surface area contributed by atoms with E-state index >= 15 is 0 Å². The molecule has 0 aliphatic heterocycles. The number of hydrogen-bond acceptors (Lipinski definition) is 18. The highest BCUT2D eigenvalue weighted by Gasteiger charge is 2.11. The van der Waals surface area contributed by atoms with Crippen LogP contribution in [0.4, 0.5) is 0 Å². The average Bonchev–Trinajstić information content (AvgIpc) is 3.48. The van der Waals surface area contributed by atoms with Crippen LogP contribution in [0.25, 0.3) is 0 Å². The van der Waals surface area contributed by atoms with Gasteiger partial charge in [0.2, 0.25) is 0 Å². The zero-order chi connectivity index (χ0) is 57.8. The highest BCUT2D eigenvalue weighted by molar-refractivity contribution is 5.09. The van der Waals surface area contributed by atoms with Gasteiger partial charge in [-0.05, 0) is 19.3 Å². The zero-order valence-corrected chi connectivity index (χ0v) is 52.3. The van der Waals surface area contributed by atoms with Crippen LogP contribution in [0.15, 0.2) is 0 Å². The minimum atomic E-state index is 0.0499. The van der Waals surface area contributed by atoms with Crippen LogP contribution >= 0.6 is 0 Å². The van der Waals surface area contributed by atoms with Gasteiger partial charge in [0.05, 0.1) is 139 Å². The molecule has 0 aliphatic rings. The predicted octanol–water partition coefficient (Wildman–Crippen LogP) is 13.0. The minimum Gasteiger partial charge on any atom is -0.461 e. The lowest BCUT2D eigenvalue weighted by Gasteiger charge is -2.11. The molecule has 18 nitrogen and oxygen atoms in total. The molecule has 0 saturated heterocycles. The molecule has 480 valence electrons. The van der Waals surface area contributed by atoms with Gasteiger partial charge in [-0.2, -0.15) is 0 Å². The fourth-order valence-corrected chi connectivity index (χ4v) is 8.45. The van der Waals surface area contributed by atoms with E-state index in [0.717, 1.165) is 39.1 Å². The summed E-state index contributed by atoms with van der Waals surface area (Å²) >= 11 is 0. The van der Waals surface area contributed by atoms with E-state index in [9.17, 15) is 0 Å². The molecule has 0 N–H and O–H groups in total. The molecule has 1 aromatic rings. The Morgan fingerprint density at radius 3 is 0.469 bits per heavy atom. The molecule has 1 heterocycles. The first-order valence-corrected chi connectivity index (χ1v) is 32.9. The maximum absolute atomic E-state index is 5.79. The largest absolute Gasteiger partial charge is 0.461 e. The van der Waals surface area contributed by atoms with Crippen LogP contribution < -0.4 is 14.2 Å². The molecule has 0 aliphatic carbocycles. The van der Waals surface area contributed by atoms with Crippen molar-refractivity contribution in [2.24, 2.45) is 0 Å². The Hall–Kier alpha value is -2.07. The second-order valence-electron chi connectivity index (χ2n) is 20.6. The van der Waals surface area contributed by atoms with Gasteiger partial charge in [0.1, 0.15) is 19.8 Å². The van der Waals surface area contributed by atoms with Gasteiger partial charge in [-0.25, -0.2) is 0 Å². The van der Waals surface area contributed by atoms with Crippen molar-refractivity contribution in [2.45, 2.75) is 213 Å². The molecule has 0 unspecified atom stereocenters. The number of hydrogen-bond donors (Lipinski definition) is 0. The summed E-state index contributed by atoms with van der Waals surface area (Å²) in [6.45, 7) is 19.8. The molecular weight excluding hydrogens is 1040 g/mol. The molecule has 1 rings (SSSR count). The first-order chi connectivity index (χ1) is 40.3. The fourth-order valence-electron chi connectivity index (χ4n) is 8.45. The lowest BCUT2D eigenvalue weighted by molar-refractivity contribution is -0.00607. The van der Waals surface area contributed by atoms with Crippen LogP contribution in [-0.4, -0.2) is 193 Å². The second kappa shape index (κ2) is 68.7. The summed E-state index contributed by atoms with van der Waals surface area (Å²) in [4.78, 5) is 12.9. The first kappa shape index (κ1) is 76.9. The van der Waals surface area contributed by atoms with Gasteiger partial charge in [0, 0.05) is 19.8 Å². The maximum atomic E-state index is 5.79. The number of unbranched alkanes of at least 4 members (excludes halogenated alkanes) is 27. The Balaban J connectivity index is 2.21. The molecule has 0 saturated carbocycles. The van der Waals surface area contributed by atoms with Crippen LogP contribution in [0.5, 0.6) is 18.0 Å². The van der Waals surface area contributed by atoms with E-state index < -0.39 is 0 Å². The van der Waals surface area contributed by atoms with Crippen LogP contribution in [0, 0.1) is 0 Å². The molecule has 18 heteroatoms. The highest BCUT2D eigenvalue weighted by Crippen LogP contribution is 2.16. The monoisotopic (exact) mass is 1160 g/mol. The van der Waals surface area contributed by atoms with E-state index in [2.05, 4.69) is 35.7 Å². The maximum Gasteiger partial charge on any atom is 0.325 e. The standard InChI is InChI=1S/C63H123N3O15/c1-4-7-10-13-16-19-22-25-28-31-34-67-37-40-70-43-46-73-49-52-76-55-58-79-61-64-62(80-59-56-77-53-50-74-47-44-71-41-38-68-35-32-29-26-23-20-17-14-11-8-5-2)66-63(65-61)81-60-57-78-54-51-75-48-45-72-42-39-69-36-33-30-27-24-21-18-15-12-9-6-3/h4-60H2,1-3H3. The smallest absolute Gasteiger partial charge is 0.325 e. The molecule has 0 aromatic carbocycles. The van der Waals surface area contributed by atoms with E-state index in [0.29, 0.717) is 139 Å². The minimum absolute atomic E-state index is 0.0499. The van der Waals surface area contributed by atoms with Gasteiger partial charge in [-0.3, -0.25) is 0 Å². The number of aromatic nitrogens is 3. The first-order valence-electron chi connectivity index (χ1n) is 32.9. The Morgan fingerprint density at radius 1 is 0.160 bits per heavy atom. The Kier molecular flexibility index (Phi) is 65.3. The van der Waals surface area contributed by atoms with Crippen molar-refractivity contribution >= 4 is 0 Å². The van der Waals surface area contributed by atoms with Gasteiger partial charge in [0.25, 0.3) is 0 Å². The summed E-state index contributed by atoms with van der Waals surface area (Å²) in [6.07, 6.45) is 39.7. The summed E-state index contributed by atoms with van der Waals surface area (Å²) < 4.78 is 85.4. The molecule has 0 amide bonds. The third kappa shape index (κ3) is 62.3.